The maximum atomic E-state index is 12.3. The van der Waals surface area contributed by atoms with E-state index in [-0.39, 0.29) is 17.7 Å². The second-order valence-electron chi connectivity index (χ2n) is 5.17. The number of nitriles is 1. The molecule has 0 aromatic heterocycles. The fourth-order valence-corrected chi connectivity index (χ4v) is 2.55. The molecule has 0 saturated heterocycles. The van der Waals surface area contributed by atoms with Crippen LogP contribution < -0.4 is 0 Å². The third-order valence-electron chi connectivity index (χ3n) is 3.62. The van der Waals surface area contributed by atoms with Gasteiger partial charge in [-0.25, -0.2) is 4.79 Å². The lowest BCUT2D eigenvalue weighted by molar-refractivity contribution is -0.726. The van der Waals surface area contributed by atoms with Crippen molar-refractivity contribution in [3.63, 3.8) is 0 Å². The molecule has 0 aliphatic heterocycles. The van der Waals surface area contributed by atoms with Crippen LogP contribution in [0, 0.1) is 22.5 Å². The predicted octanol–water partition coefficient (Wildman–Crippen LogP) is 0.924. The third-order valence-corrected chi connectivity index (χ3v) is 3.62. The lowest BCUT2D eigenvalue weighted by Crippen LogP contribution is -2.41. The SMILES string of the molecule is CCOC(=O)C(C(C)=O)C(C(C(=O)OC)=[N+]([O-])O)c1ccccc1C#N. The van der Waals surface area contributed by atoms with E-state index in [1.165, 1.54) is 31.2 Å². The molecule has 2 atom stereocenters. The van der Waals surface area contributed by atoms with Crippen molar-refractivity contribution in [1.82, 2.24) is 0 Å². The minimum Gasteiger partial charge on any atom is -0.465 e. The lowest BCUT2D eigenvalue weighted by atomic mass is 9.78. The minimum absolute atomic E-state index is 0.0105. The van der Waals surface area contributed by atoms with Gasteiger partial charge in [-0.1, -0.05) is 18.2 Å². The summed E-state index contributed by atoms with van der Waals surface area (Å²) >= 11 is 0. The maximum absolute atomic E-state index is 12.3. The highest BCUT2D eigenvalue weighted by Crippen LogP contribution is 2.31. The van der Waals surface area contributed by atoms with Crippen LogP contribution in [-0.2, 0) is 23.9 Å². The van der Waals surface area contributed by atoms with Gasteiger partial charge >= 0.3 is 17.7 Å². The van der Waals surface area contributed by atoms with Crippen LogP contribution in [0.15, 0.2) is 24.3 Å². The number of Topliss-reactive ketones (excluding diaryl/α,β-unsaturated/α-hetero) is 1. The van der Waals surface area contributed by atoms with Crippen LogP contribution in [0.3, 0.4) is 0 Å². The fourth-order valence-electron chi connectivity index (χ4n) is 2.55. The van der Waals surface area contributed by atoms with E-state index >= 15 is 0 Å². The van der Waals surface area contributed by atoms with Gasteiger partial charge in [0.05, 0.1) is 25.3 Å². The zero-order chi connectivity index (χ0) is 19.9. The molecule has 0 fully saturated rings. The molecule has 9 heteroatoms. The molecule has 1 aromatic carbocycles. The number of ketones is 1. The highest BCUT2D eigenvalue weighted by molar-refractivity contribution is 6.37. The molecule has 26 heavy (non-hydrogen) atoms. The van der Waals surface area contributed by atoms with Gasteiger partial charge in [-0.05, 0) is 25.5 Å². The summed E-state index contributed by atoms with van der Waals surface area (Å²) in [6, 6.07) is 7.63. The van der Waals surface area contributed by atoms with Crippen LogP contribution in [0.4, 0.5) is 0 Å². The number of carbonyl (C=O) groups excluding carboxylic acids is 3. The van der Waals surface area contributed by atoms with Crippen LogP contribution in [-0.4, -0.2) is 47.3 Å². The van der Waals surface area contributed by atoms with Gasteiger partial charge in [0.15, 0.2) is 0 Å². The molecule has 1 N–H and O–H groups in total. The number of benzene rings is 1. The normalized spacial score (nSPS) is 13.6. The van der Waals surface area contributed by atoms with E-state index in [0.29, 0.717) is 0 Å². The van der Waals surface area contributed by atoms with Crippen molar-refractivity contribution < 1.29 is 34.0 Å². The molecule has 9 nitrogen and oxygen atoms in total. The maximum Gasteiger partial charge on any atom is 0.405 e. The number of methoxy groups -OCH3 is 1. The van der Waals surface area contributed by atoms with Crippen molar-refractivity contribution in [3.05, 3.63) is 40.6 Å². The Bertz CT molecular complexity index is 776. The number of rotatable bonds is 7. The molecular weight excluding hydrogens is 344 g/mol. The van der Waals surface area contributed by atoms with Gasteiger partial charge in [0.1, 0.15) is 17.6 Å². The van der Waals surface area contributed by atoms with E-state index < -0.39 is 40.2 Å². The second kappa shape index (κ2) is 9.17. The van der Waals surface area contributed by atoms with Crippen molar-refractivity contribution in [2.45, 2.75) is 19.8 Å². The Labute approximate surface area is 149 Å². The molecule has 0 radical (unpaired) electrons. The van der Waals surface area contributed by atoms with E-state index in [4.69, 9.17) is 4.74 Å². The van der Waals surface area contributed by atoms with Crippen LogP contribution in [0.1, 0.15) is 30.9 Å². The highest BCUT2D eigenvalue weighted by atomic mass is 16.8. The summed E-state index contributed by atoms with van der Waals surface area (Å²) in [7, 11) is 0.965. The first-order chi connectivity index (χ1) is 12.3. The lowest BCUT2D eigenvalue weighted by Gasteiger charge is -2.22. The number of carbonyl (C=O) groups is 3. The van der Waals surface area contributed by atoms with Gasteiger partial charge in [0.25, 0.3) is 0 Å². The molecule has 0 bridgehead atoms. The van der Waals surface area contributed by atoms with Crippen LogP contribution in [0.2, 0.25) is 0 Å². The van der Waals surface area contributed by atoms with Crippen molar-refractivity contribution in [2.24, 2.45) is 5.92 Å². The van der Waals surface area contributed by atoms with E-state index in [9.17, 15) is 30.1 Å². The zero-order valence-electron chi connectivity index (χ0n) is 14.5. The summed E-state index contributed by atoms with van der Waals surface area (Å²) in [5.74, 6) is -6.18. The molecule has 0 amide bonds. The summed E-state index contributed by atoms with van der Waals surface area (Å²) in [6.07, 6.45) is 0. The first kappa shape index (κ1) is 20.6. The van der Waals surface area contributed by atoms with Gasteiger partial charge in [-0.2, -0.15) is 5.26 Å². The number of hydrogen-bond donors (Lipinski definition) is 1. The molecule has 2 unspecified atom stereocenters. The van der Waals surface area contributed by atoms with Gasteiger partial charge in [-0.15, -0.1) is 0 Å². The second-order valence-corrected chi connectivity index (χ2v) is 5.17. The third kappa shape index (κ3) is 4.36. The van der Waals surface area contributed by atoms with E-state index in [1.807, 2.05) is 6.07 Å². The summed E-state index contributed by atoms with van der Waals surface area (Å²) in [5.41, 5.74) is -0.877. The summed E-state index contributed by atoms with van der Waals surface area (Å²) in [6.45, 7) is 2.54. The molecule has 1 aromatic rings. The Morgan fingerprint density at radius 3 is 2.42 bits per heavy atom. The van der Waals surface area contributed by atoms with Crippen LogP contribution in [0.5, 0.6) is 0 Å². The molecule has 0 heterocycles. The van der Waals surface area contributed by atoms with Gasteiger partial charge in [-0.3, -0.25) is 14.8 Å². The van der Waals surface area contributed by atoms with Gasteiger partial charge < -0.3 is 14.7 Å². The predicted molar refractivity (Wildman–Crippen MR) is 87.1 cm³/mol. The van der Waals surface area contributed by atoms with Crippen LogP contribution >= 0.6 is 0 Å². The summed E-state index contributed by atoms with van der Waals surface area (Å²) in [5, 5.41) is 30.4. The smallest absolute Gasteiger partial charge is 0.405 e. The number of hydrogen-bond acceptors (Lipinski definition) is 8. The standard InChI is InChI=1S/C17H18N2O7/c1-4-26-16(21)13(10(2)20)14(15(19(23)24)17(22)25-3)12-8-6-5-7-11(12)9-18/h5-8,13-14H,4H2,1-3H3,(H,23,24). The Kier molecular flexibility index (Phi) is 7.28. The van der Waals surface area contributed by atoms with Crippen LogP contribution in [0.25, 0.3) is 0 Å². The Hall–Kier alpha value is -3.41. The number of ether oxygens (including phenoxy) is 2. The van der Waals surface area contributed by atoms with Crippen molar-refractivity contribution in [2.75, 3.05) is 13.7 Å². The molecule has 0 saturated carbocycles. The average molecular weight is 362 g/mol. The average Bonchev–Trinajstić information content (AvgIpc) is 2.60. The van der Waals surface area contributed by atoms with E-state index in [2.05, 4.69) is 4.74 Å². The quantitative estimate of drug-likeness (QED) is 0.189. The zero-order valence-corrected chi connectivity index (χ0v) is 14.5. The Morgan fingerprint density at radius 2 is 1.96 bits per heavy atom. The molecule has 138 valence electrons. The number of nitrogens with zero attached hydrogens (tertiary/aromatic N) is 2. The number of esters is 2. The van der Waals surface area contributed by atoms with E-state index in [0.717, 1.165) is 14.0 Å². The largest absolute Gasteiger partial charge is 0.465 e. The first-order valence-corrected chi connectivity index (χ1v) is 7.57. The Balaban J connectivity index is 3.79. The van der Waals surface area contributed by atoms with Crippen molar-refractivity contribution in [3.8, 4) is 6.07 Å². The van der Waals surface area contributed by atoms with E-state index in [1.54, 1.807) is 0 Å². The molecule has 0 spiro atoms. The first-order valence-electron chi connectivity index (χ1n) is 7.57. The summed E-state index contributed by atoms with van der Waals surface area (Å²) in [4.78, 5) is 35.8. The fraction of sp³-hybridized carbons (Fsp3) is 0.353. The topological polar surface area (TPSA) is 140 Å². The van der Waals surface area contributed by atoms with Crippen molar-refractivity contribution >= 4 is 23.4 Å². The van der Waals surface area contributed by atoms with Crippen molar-refractivity contribution in [1.29, 1.82) is 5.26 Å². The molecule has 0 aliphatic rings. The highest BCUT2D eigenvalue weighted by Gasteiger charge is 2.47. The molecule has 1 rings (SSSR count). The van der Waals surface area contributed by atoms with Gasteiger partial charge in [0, 0.05) is 4.90 Å². The Morgan fingerprint density at radius 1 is 1.35 bits per heavy atom. The molecular formula is C17H18N2O7. The minimum atomic E-state index is -1.64. The summed E-state index contributed by atoms with van der Waals surface area (Å²) < 4.78 is 9.37. The van der Waals surface area contributed by atoms with Gasteiger partial charge in [0.2, 0.25) is 0 Å². The monoisotopic (exact) mass is 362 g/mol. The molecule has 0 aliphatic carbocycles.